The number of ether oxygens (including phenoxy) is 1. The monoisotopic (exact) mass is 444 g/mol. The van der Waals surface area contributed by atoms with E-state index in [1.807, 2.05) is 6.07 Å². The number of para-hydroxylation sites is 1. The van der Waals surface area contributed by atoms with Crippen LogP contribution in [-0.2, 0) is 14.8 Å². The topological polar surface area (TPSA) is 87.2 Å². The molecule has 2 heterocycles. The highest BCUT2D eigenvalue weighted by atomic mass is 32.2. The van der Waals surface area contributed by atoms with Crippen LogP contribution in [0, 0.1) is 0 Å². The zero-order valence-corrected chi connectivity index (χ0v) is 18.8. The molecule has 2 aliphatic rings. The molecule has 0 aliphatic carbocycles. The number of amides is 1. The van der Waals surface area contributed by atoms with Crippen molar-refractivity contribution in [3.05, 3.63) is 54.1 Å². The lowest BCUT2D eigenvalue weighted by Gasteiger charge is -2.47. The molecule has 1 N–H and O–H groups in total. The van der Waals surface area contributed by atoms with Crippen molar-refractivity contribution in [1.29, 1.82) is 0 Å². The van der Waals surface area contributed by atoms with Gasteiger partial charge in [0.1, 0.15) is 17.5 Å². The molecule has 2 aromatic rings. The number of carbonyl (C=O) groups excluding carboxylic acids is 1. The number of anilines is 1. The SMILES string of the molecule is CN(c1ccccc1)S(=O)(=O)c1ccc2c(c1)[C@H](N1CCCCC1=O)[C@@H](O)C(C)(C)O2. The maximum absolute atomic E-state index is 13.3. The van der Waals surface area contributed by atoms with Crippen molar-refractivity contribution in [2.24, 2.45) is 0 Å². The smallest absolute Gasteiger partial charge is 0.264 e. The predicted octanol–water partition coefficient (Wildman–Crippen LogP) is 3.10. The second-order valence-corrected chi connectivity index (χ2v) is 10.6. The summed E-state index contributed by atoms with van der Waals surface area (Å²) in [5.74, 6) is 0.452. The molecular weight excluding hydrogens is 416 g/mol. The van der Waals surface area contributed by atoms with Crippen LogP contribution in [0.4, 0.5) is 5.69 Å². The van der Waals surface area contributed by atoms with E-state index < -0.39 is 27.8 Å². The van der Waals surface area contributed by atoms with Gasteiger partial charge in [0.15, 0.2) is 0 Å². The van der Waals surface area contributed by atoms with Gasteiger partial charge in [-0.3, -0.25) is 9.10 Å². The molecule has 1 saturated heterocycles. The van der Waals surface area contributed by atoms with Crippen LogP contribution in [0.3, 0.4) is 0 Å². The first-order valence-corrected chi connectivity index (χ1v) is 11.9. The average molecular weight is 445 g/mol. The minimum Gasteiger partial charge on any atom is -0.485 e. The van der Waals surface area contributed by atoms with Crippen LogP contribution < -0.4 is 9.04 Å². The first-order valence-electron chi connectivity index (χ1n) is 10.5. The van der Waals surface area contributed by atoms with Crippen LogP contribution in [-0.4, -0.2) is 49.6 Å². The Hall–Kier alpha value is -2.58. The Morgan fingerprint density at radius 1 is 1.13 bits per heavy atom. The fraction of sp³-hybridized carbons (Fsp3) is 0.435. The molecule has 7 nitrogen and oxygen atoms in total. The molecule has 0 radical (unpaired) electrons. The lowest BCUT2D eigenvalue weighted by molar-refractivity contribution is -0.147. The number of fused-ring (bicyclic) bond motifs is 1. The summed E-state index contributed by atoms with van der Waals surface area (Å²) in [7, 11) is -2.34. The van der Waals surface area contributed by atoms with E-state index in [0.717, 1.165) is 12.8 Å². The van der Waals surface area contributed by atoms with E-state index in [1.165, 1.54) is 23.5 Å². The largest absolute Gasteiger partial charge is 0.485 e. The van der Waals surface area contributed by atoms with Crippen LogP contribution in [0.25, 0.3) is 0 Å². The molecule has 0 saturated carbocycles. The lowest BCUT2D eigenvalue weighted by Crippen LogP contribution is -2.55. The van der Waals surface area contributed by atoms with Crippen molar-refractivity contribution in [3.8, 4) is 5.75 Å². The highest BCUT2D eigenvalue weighted by molar-refractivity contribution is 7.92. The molecule has 31 heavy (non-hydrogen) atoms. The van der Waals surface area contributed by atoms with Crippen LogP contribution in [0.5, 0.6) is 5.75 Å². The molecule has 0 unspecified atom stereocenters. The van der Waals surface area contributed by atoms with E-state index in [-0.39, 0.29) is 10.8 Å². The van der Waals surface area contributed by atoms with Crippen molar-refractivity contribution in [2.45, 2.75) is 55.8 Å². The maximum Gasteiger partial charge on any atom is 0.264 e. The second-order valence-electron chi connectivity index (χ2n) is 8.65. The van der Waals surface area contributed by atoms with Gasteiger partial charge in [-0.25, -0.2) is 8.42 Å². The van der Waals surface area contributed by atoms with Crippen molar-refractivity contribution in [2.75, 3.05) is 17.9 Å². The van der Waals surface area contributed by atoms with Gasteiger partial charge in [0.2, 0.25) is 5.91 Å². The van der Waals surface area contributed by atoms with Crippen molar-refractivity contribution < 1.29 is 23.1 Å². The number of nitrogens with zero attached hydrogens (tertiary/aromatic N) is 2. The molecule has 2 atom stereocenters. The number of piperidine rings is 1. The average Bonchev–Trinajstić information content (AvgIpc) is 2.75. The molecule has 2 aromatic carbocycles. The van der Waals surface area contributed by atoms with Gasteiger partial charge in [-0.05, 0) is 57.0 Å². The number of aliphatic hydroxyl groups excluding tert-OH is 1. The Morgan fingerprint density at radius 3 is 2.52 bits per heavy atom. The van der Waals surface area contributed by atoms with Gasteiger partial charge in [0.25, 0.3) is 10.0 Å². The van der Waals surface area contributed by atoms with E-state index in [4.69, 9.17) is 4.74 Å². The number of aliphatic hydroxyl groups is 1. The van der Waals surface area contributed by atoms with E-state index in [2.05, 4.69) is 0 Å². The fourth-order valence-corrected chi connectivity index (χ4v) is 5.53. The van der Waals surface area contributed by atoms with Crippen LogP contribution in [0.2, 0.25) is 0 Å². The minimum absolute atomic E-state index is 0.0337. The Labute approximate surface area is 183 Å². The molecule has 166 valence electrons. The highest BCUT2D eigenvalue weighted by Gasteiger charge is 2.47. The van der Waals surface area contributed by atoms with Crippen LogP contribution >= 0.6 is 0 Å². The molecule has 4 rings (SSSR count). The molecule has 1 amide bonds. The highest BCUT2D eigenvalue weighted by Crippen LogP contribution is 2.45. The van der Waals surface area contributed by atoms with Gasteiger partial charge in [0.05, 0.1) is 16.6 Å². The maximum atomic E-state index is 13.3. The number of hydrogen-bond donors (Lipinski definition) is 1. The third-order valence-electron chi connectivity index (χ3n) is 6.16. The molecule has 0 bridgehead atoms. The van der Waals surface area contributed by atoms with E-state index in [0.29, 0.717) is 30.0 Å². The fourth-order valence-electron chi connectivity index (χ4n) is 4.30. The molecule has 1 fully saturated rings. The first kappa shape index (κ1) is 21.6. The van der Waals surface area contributed by atoms with Gasteiger partial charge in [-0.15, -0.1) is 0 Å². The Bertz CT molecular complexity index is 1080. The number of sulfonamides is 1. The second kappa shape index (κ2) is 7.84. The summed E-state index contributed by atoms with van der Waals surface area (Å²) in [6.45, 7) is 4.07. The number of rotatable bonds is 4. The van der Waals surface area contributed by atoms with Gasteiger partial charge >= 0.3 is 0 Å². The summed E-state index contributed by atoms with van der Waals surface area (Å²) in [4.78, 5) is 14.4. The quantitative estimate of drug-likeness (QED) is 0.783. The van der Waals surface area contributed by atoms with Crippen LogP contribution in [0.15, 0.2) is 53.4 Å². The normalized spacial score (nSPS) is 23.1. The molecule has 0 aromatic heterocycles. The van der Waals surface area contributed by atoms with Crippen molar-refractivity contribution in [1.82, 2.24) is 4.90 Å². The van der Waals surface area contributed by atoms with Gasteiger partial charge in [-0.1, -0.05) is 18.2 Å². The third-order valence-corrected chi connectivity index (χ3v) is 7.94. The van der Waals surface area contributed by atoms with Crippen LogP contribution in [0.1, 0.15) is 44.7 Å². The summed E-state index contributed by atoms with van der Waals surface area (Å²) < 4.78 is 33.9. The van der Waals surface area contributed by atoms with E-state index >= 15 is 0 Å². The zero-order valence-electron chi connectivity index (χ0n) is 18.0. The van der Waals surface area contributed by atoms with Crippen molar-refractivity contribution in [3.63, 3.8) is 0 Å². The minimum atomic E-state index is -3.85. The number of hydrogen-bond acceptors (Lipinski definition) is 5. The van der Waals surface area contributed by atoms with E-state index in [9.17, 15) is 18.3 Å². The number of likely N-dealkylation sites (tertiary alicyclic amines) is 1. The molecular formula is C23H28N2O5S. The summed E-state index contributed by atoms with van der Waals surface area (Å²) in [5, 5.41) is 11.1. The summed E-state index contributed by atoms with van der Waals surface area (Å²) in [5.41, 5.74) is 0.140. The summed E-state index contributed by atoms with van der Waals surface area (Å²) in [6.07, 6.45) is 1.10. The van der Waals surface area contributed by atoms with Crippen molar-refractivity contribution >= 4 is 21.6 Å². The zero-order chi connectivity index (χ0) is 22.4. The molecule has 0 spiro atoms. The Morgan fingerprint density at radius 2 is 1.84 bits per heavy atom. The Balaban J connectivity index is 1.79. The van der Waals surface area contributed by atoms with Gasteiger partial charge in [-0.2, -0.15) is 0 Å². The number of benzene rings is 2. The first-order chi connectivity index (χ1) is 14.6. The predicted molar refractivity (Wildman–Crippen MR) is 117 cm³/mol. The van der Waals surface area contributed by atoms with Gasteiger partial charge in [0, 0.05) is 25.6 Å². The lowest BCUT2D eigenvalue weighted by atomic mass is 9.84. The summed E-state index contributed by atoms with van der Waals surface area (Å²) >= 11 is 0. The Kier molecular flexibility index (Phi) is 5.47. The standard InChI is InChI=1S/C23H28N2O5S/c1-23(2)22(27)21(25-14-8-7-11-20(25)26)18-15-17(12-13-19(18)30-23)31(28,29)24(3)16-9-5-4-6-10-16/h4-6,9-10,12-13,15,21-22,27H,7-8,11,14H2,1-3H3/t21-,22+/m0/s1. The van der Waals surface area contributed by atoms with Gasteiger partial charge < -0.3 is 14.7 Å². The number of carbonyl (C=O) groups is 1. The third kappa shape index (κ3) is 3.78. The van der Waals surface area contributed by atoms with E-state index in [1.54, 1.807) is 49.1 Å². The molecule has 2 aliphatic heterocycles. The summed E-state index contributed by atoms with van der Waals surface area (Å²) in [6, 6.07) is 12.8. The molecule has 8 heteroatoms.